The number of carbonyl (C=O) groups is 2. The van der Waals surface area contributed by atoms with Crippen LogP contribution in [0.2, 0.25) is 5.02 Å². The smallest absolute Gasteiger partial charge is 0.243 e. The highest BCUT2D eigenvalue weighted by Gasteiger charge is 2.30. The normalized spacial score (nSPS) is 11.5. The number of nitrogens with zero attached hydrogens (tertiary/aromatic N) is 1. The van der Waals surface area contributed by atoms with Crippen LogP contribution in [0.5, 0.6) is 11.5 Å². The van der Waals surface area contributed by atoms with E-state index < -0.39 is 6.04 Å². The third-order valence-electron chi connectivity index (χ3n) is 6.42. The lowest BCUT2D eigenvalue weighted by Crippen LogP contribution is -2.51. The maximum absolute atomic E-state index is 13.9. The molecule has 0 aliphatic carbocycles. The Morgan fingerprint density at radius 1 is 0.868 bits per heavy atom. The second kappa shape index (κ2) is 15.0. The van der Waals surface area contributed by atoms with Gasteiger partial charge in [0.1, 0.15) is 6.04 Å². The number of carbonyl (C=O) groups excluding carboxylic acids is 2. The van der Waals surface area contributed by atoms with Gasteiger partial charge in [-0.3, -0.25) is 9.59 Å². The van der Waals surface area contributed by atoms with Gasteiger partial charge in [-0.15, -0.1) is 0 Å². The van der Waals surface area contributed by atoms with E-state index in [0.29, 0.717) is 29.5 Å². The van der Waals surface area contributed by atoms with Crippen molar-refractivity contribution in [1.82, 2.24) is 10.2 Å². The first kappa shape index (κ1) is 29.1. The molecule has 0 aromatic heterocycles. The zero-order chi connectivity index (χ0) is 27.3. The molecule has 0 aliphatic heterocycles. The molecule has 7 heteroatoms. The number of methoxy groups -OCH3 is 2. The number of unbranched alkanes of at least 4 members (excludes halogenated alkanes) is 2. The highest BCUT2D eigenvalue weighted by atomic mass is 35.5. The Morgan fingerprint density at radius 3 is 2.21 bits per heavy atom. The minimum Gasteiger partial charge on any atom is -0.493 e. The van der Waals surface area contributed by atoms with Crippen LogP contribution in [-0.4, -0.2) is 43.5 Å². The molecule has 2 amide bonds. The third-order valence-corrected chi connectivity index (χ3v) is 6.67. The Bertz CT molecular complexity index is 1170. The summed E-state index contributed by atoms with van der Waals surface area (Å²) in [5, 5.41) is 3.69. The summed E-state index contributed by atoms with van der Waals surface area (Å²) in [5.74, 6) is 0.836. The average Bonchev–Trinajstić information content (AvgIpc) is 2.94. The first-order chi connectivity index (χ1) is 18.4. The van der Waals surface area contributed by atoms with Gasteiger partial charge in [0.05, 0.1) is 20.6 Å². The van der Waals surface area contributed by atoms with Crippen LogP contribution in [0.4, 0.5) is 0 Å². The zero-order valence-corrected chi connectivity index (χ0v) is 23.2. The highest BCUT2D eigenvalue weighted by molar-refractivity contribution is 6.30. The number of amides is 2. The number of hydrogen-bond acceptors (Lipinski definition) is 4. The number of rotatable bonds is 14. The van der Waals surface area contributed by atoms with Crippen molar-refractivity contribution < 1.29 is 19.1 Å². The molecule has 1 atom stereocenters. The minimum atomic E-state index is -0.678. The van der Waals surface area contributed by atoms with Gasteiger partial charge >= 0.3 is 0 Å². The second-order valence-electron chi connectivity index (χ2n) is 9.22. The van der Waals surface area contributed by atoms with Crippen molar-refractivity contribution in [2.45, 2.75) is 51.6 Å². The molecule has 0 spiro atoms. The van der Waals surface area contributed by atoms with Crippen LogP contribution in [0.3, 0.4) is 0 Å². The summed E-state index contributed by atoms with van der Waals surface area (Å²) < 4.78 is 10.8. The molecule has 0 aliphatic rings. The summed E-state index contributed by atoms with van der Waals surface area (Å²) in [6, 6.07) is 21.9. The maximum atomic E-state index is 13.9. The largest absolute Gasteiger partial charge is 0.493 e. The number of halogens is 1. The van der Waals surface area contributed by atoms with E-state index in [-0.39, 0.29) is 24.8 Å². The van der Waals surface area contributed by atoms with E-state index in [1.807, 2.05) is 48.5 Å². The number of hydrogen-bond donors (Lipinski definition) is 1. The first-order valence-corrected chi connectivity index (χ1v) is 13.4. The van der Waals surface area contributed by atoms with Gasteiger partial charge in [-0.25, -0.2) is 0 Å². The van der Waals surface area contributed by atoms with Crippen LogP contribution in [0.15, 0.2) is 72.8 Å². The molecule has 0 heterocycles. The Kier molecular flexibility index (Phi) is 11.5. The van der Waals surface area contributed by atoms with Gasteiger partial charge < -0.3 is 19.7 Å². The maximum Gasteiger partial charge on any atom is 0.243 e. The van der Waals surface area contributed by atoms with Crippen molar-refractivity contribution in [3.05, 3.63) is 94.5 Å². The number of ether oxygens (including phenoxy) is 2. The fourth-order valence-electron chi connectivity index (χ4n) is 4.31. The lowest BCUT2D eigenvalue weighted by molar-refractivity contribution is -0.140. The summed E-state index contributed by atoms with van der Waals surface area (Å²) in [5.41, 5.74) is 2.66. The summed E-state index contributed by atoms with van der Waals surface area (Å²) >= 11 is 6.11. The lowest BCUT2D eigenvalue weighted by atomic mass is 10.0. The molecule has 38 heavy (non-hydrogen) atoms. The van der Waals surface area contributed by atoms with Gasteiger partial charge in [0.15, 0.2) is 11.5 Å². The Balaban J connectivity index is 1.93. The lowest BCUT2D eigenvalue weighted by Gasteiger charge is -2.32. The standard InChI is InChI=1S/C31H37ClN2O4/c1-4-5-9-18-33-31(36)27(19-23-10-7-6-8-11-23)34(22-24-12-15-26(32)16-13-24)30(35)21-25-14-17-28(37-2)29(20-25)38-3/h6-8,10-17,20,27H,4-5,9,18-19,21-22H2,1-3H3,(H,33,36). The van der Waals surface area contributed by atoms with Crippen molar-refractivity contribution in [3.63, 3.8) is 0 Å². The van der Waals surface area contributed by atoms with E-state index in [1.54, 1.807) is 43.4 Å². The quantitative estimate of drug-likeness (QED) is 0.263. The fourth-order valence-corrected chi connectivity index (χ4v) is 4.44. The van der Waals surface area contributed by atoms with E-state index in [2.05, 4.69) is 12.2 Å². The Labute approximate surface area is 230 Å². The predicted octanol–water partition coefficient (Wildman–Crippen LogP) is 5.85. The van der Waals surface area contributed by atoms with Crippen molar-refractivity contribution in [2.24, 2.45) is 0 Å². The van der Waals surface area contributed by atoms with Crippen molar-refractivity contribution in [2.75, 3.05) is 20.8 Å². The van der Waals surface area contributed by atoms with Crippen LogP contribution >= 0.6 is 11.6 Å². The van der Waals surface area contributed by atoms with Crippen LogP contribution in [0.25, 0.3) is 0 Å². The molecule has 1 N–H and O–H groups in total. The average molecular weight is 537 g/mol. The molecule has 0 bridgehead atoms. The van der Waals surface area contributed by atoms with Crippen molar-refractivity contribution in [1.29, 1.82) is 0 Å². The molecule has 0 saturated carbocycles. The van der Waals surface area contributed by atoms with E-state index in [1.165, 1.54) is 0 Å². The van der Waals surface area contributed by atoms with Crippen molar-refractivity contribution in [3.8, 4) is 11.5 Å². The van der Waals surface area contributed by atoms with Crippen LogP contribution in [-0.2, 0) is 29.0 Å². The van der Waals surface area contributed by atoms with Crippen LogP contribution < -0.4 is 14.8 Å². The Morgan fingerprint density at radius 2 is 1.55 bits per heavy atom. The molecule has 0 fully saturated rings. The minimum absolute atomic E-state index is 0.113. The van der Waals surface area contributed by atoms with E-state index in [0.717, 1.165) is 36.0 Å². The van der Waals surface area contributed by atoms with Gasteiger partial charge in [0.25, 0.3) is 0 Å². The molecule has 202 valence electrons. The summed E-state index contributed by atoms with van der Waals surface area (Å²) in [6.45, 7) is 2.99. The highest BCUT2D eigenvalue weighted by Crippen LogP contribution is 2.28. The SMILES string of the molecule is CCCCCNC(=O)C(Cc1ccccc1)N(Cc1ccc(Cl)cc1)C(=O)Cc1ccc(OC)c(OC)c1. The van der Waals surface area contributed by atoms with E-state index in [9.17, 15) is 9.59 Å². The number of nitrogens with one attached hydrogen (secondary N) is 1. The predicted molar refractivity (Wildman–Crippen MR) is 152 cm³/mol. The van der Waals surface area contributed by atoms with Gasteiger partial charge in [-0.1, -0.05) is 79.9 Å². The summed E-state index contributed by atoms with van der Waals surface area (Å²) in [4.78, 5) is 29.2. The summed E-state index contributed by atoms with van der Waals surface area (Å²) in [6.07, 6.45) is 3.53. The summed E-state index contributed by atoms with van der Waals surface area (Å²) in [7, 11) is 3.14. The molecule has 6 nitrogen and oxygen atoms in total. The molecule has 3 aromatic carbocycles. The third kappa shape index (κ3) is 8.52. The van der Waals surface area contributed by atoms with Crippen LogP contribution in [0, 0.1) is 0 Å². The molecule has 3 rings (SSSR count). The van der Waals surface area contributed by atoms with E-state index in [4.69, 9.17) is 21.1 Å². The Hall–Kier alpha value is -3.51. The van der Waals surface area contributed by atoms with Crippen molar-refractivity contribution >= 4 is 23.4 Å². The zero-order valence-electron chi connectivity index (χ0n) is 22.4. The fraction of sp³-hybridized carbons (Fsp3) is 0.355. The molecule has 0 saturated heterocycles. The van der Waals surface area contributed by atoms with E-state index >= 15 is 0 Å². The molecule has 3 aromatic rings. The molecule has 1 unspecified atom stereocenters. The van der Waals surface area contributed by atoms with Crippen LogP contribution in [0.1, 0.15) is 42.9 Å². The topological polar surface area (TPSA) is 67.9 Å². The van der Waals surface area contributed by atoms with Gasteiger partial charge in [-0.2, -0.15) is 0 Å². The first-order valence-electron chi connectivity index (χ1n) is 13.0. The molecular weight excluding hydrogens is 500 g/mol. The second-order valence-corrected chi connectivity index (χ2v) is 9.65. The number of benzene rings is 3. The molecular formula is C31H37ClN2O4. The van der Waals surface area contributed by atoms with Gasteiger partial charge in [0.2, 0.25) is 11.8 Å². The molecule has 0 radical (unpaired) electrons. The van der Waals surface area contributed by atoms with Gasteiger partial charge in [0, 0.05) is 24.5 Å². The monoisotopic (exact) mass is 536 g/mol. The van der Waals surface area contributed by atoms with Gasteiger partial charge in [-0.05, 0) is 47.4 Å².